The number of halogens is 4. The molecule has 0 aliphatic carbocycles. The standard InChI is InChI=1S/C12H14BrF3N2/c13-9-7-11(18-4-2-1-3-5-18)10(17)6-8(9)12(14,15)16/h6-7H,1-5,17H2. The largest absolute Gasteiger partial charge is 0.417 e. The van der Waals surface area contributed by atoms with Gasteiger partial charge >= 0.3 is 6.18 Å². The van der Waals surface area contributed by atoms with Gasteiger partial charge in [0.15, 0.2) is 0 Å². The molecule has 1 fully saturated rings. The molecule has 2 rings (SSSR count). The minimum absolute atomic E-state index is 0.0461. The predicted octanol–water partition coefficient (Wildman–Crippen LogP) is 4.04. The zero-order chi connectivity index (χ0) is 13.3. The van der Waals surface area contributed by atoms with Crippen molar-refractivity contribution in [2.75, 3.05) is 23.7 Å². The van der Waals surface area contributed by atoms with Gasteiger partial charge in [-0.25, -0.2) is 0 Å². The lowest BCUT2D eigenvalue weighted by Crippen LogP contribution is -2.30. The molecule has 0 radical (unpaired) electrons. The Morgan fingerprint density at radius 3 is 2.28 bits per heavy atom. The number of benzene rings is 1. The summed E-state index contributed by atoms with van der Waals surface area (Å²) in [5.74, 6) is 0. The van der Waals surface area contributed by atoms with Crippen LogP contribution in [-0.4, -0.2) is 13.1 Å². The average Bonchev–Trinajstić information content (AvgIpc) is 2.31. The van der Waals surface area contributed by atoms with Crippen LogP contribution in [0.3, 0.4) is 0 Å². The van der Waals surface area contributed by atoms with Gasteiger partial charge in [0.05, 0.1) is 16.9 Å². The van der Waals surface area contributed by atoms with Gasteiger partial charge in [0, 0.05) is 17.6 Å². The first kappa shape index (κ1) is 13.5. The monoisotopic (exact) mass is 322 g/mol. The highest BCUT2D eigenvalue weighted by molar-refractivity contribution is 9.10. The lowest BCUT2D eigenvalue weighted by Gasteiger charge is -2.30. The summed E-state index contributed by atoms with van der Waals surface area (Å²) in [5, 5.41) is 0. The Balaban J connectivity index is 2.36. The van der Waals surface area contributed by atoms with E-state index in [0.29, 0.717) is 5.69 Å². The fraction of sp³-hybridized carbons (Fsp3) is 0.500. The van der Waals surface area contributed by atoms with E-state index in [1.807, 2.05) is 4.90 Å². The van der Waals surface area contributed by atoms with Crippen LogP contribution in [0.1, 0.15) is 24.8 Å². The first-order valence-electron chi connectivity index (χ1n) is 5.81. The van der Waals surface area contributed by atoms with Gasteiger partial charge in [0.2, 0.25) is 0 Å². The highest BCUT2D eigenvalue weighted by Crippen LogP contribution is 2.40. The second kappa shape index (κ2) is 4.99. The molecule has 0 aromatic heterocycles. The van der Waals surface area contributed by atoms with Gasteiger partial charge < -0.3 is 10.6 Å². The van der Waals surface area contributed by atoms with Crippen molar-refractivity contribution in [1.82, 2.24) is 0 Å². The molecule has 2 N–H and O–H groups in total. The summed E-state index contributed by atoms with van der Waals surface area (Å²) in [4.78, 5) is 2.05. The molecule has 1 saturated heterocycles. The van der Waals surface area contributed by atoms with E-state index in [1.165, 1.54) is 6.07 Å². The smallest absolute Gasteiger partial charge is 0.397 e. The molecule has 1 aliphatic heterocycles. The first-order chi connectivity index (χ1) is 8.39. The van der Waals surface area contributed by atoms with Crippen molar-refractivity contribution < 1.29 is 13.2 Å². The van der Waals surface area contributed by atoms with E-state index in [9.17, 15) is 13.2 Å². The van der Waals surface area contributed by atoms with E-state index < -0.39 is 11.7 Å². The molecule has 0 amide bonds. The third-order valence-corrected chi connectivity index (χ3v) is 3.77. The Hall–Kier alpha value is -0.910. The van der Waals surface area contributed by atoms with Crippen LogP contribution in [-0.2, 0) is 6.18 Å². The molecule has 6 heteroatoms. The number of anilines is 2. The first-order valence-corrected chi connectivity index (χ1v) is 6.60. The molecule has 1 aliphatic rings. The molecule has 2 nitrogen and oxygen atoms in total. The minimum atomic E-state index is -4.38. The van der Waals surface area contributed by atoms with Crippen LogP contribution < -0.4 is 10.6 Å². The quantitative estimate of drug-likeness (QED) is 0.791. The molecule has 1 aromatic carbocycles. The number of nitrogens with zero attached hydrogens (tertiary/aromatic N) is 1. The number of alkyl halides is 3. The molecule has 0 unspecified atom stereocenters. The van der Waals surface area contributed by atoms with E-state index in [0.717, 1.165) is 38.4 Å². The SMILES string of the molecule is Nc1cc(C(F)(F)F)c(Br)cc1N1CCCCC1. The van der Waals surface area contributed by atoms with Gasteiger partial charge in [-0.3, -0.25) is 0 Å². The molecular weight excluding hydrogens is 309 g/mol. The maximum absolute atomic E-state index is 12.7. The van der Waals surface area contributed by atoms with Crippen LogP contribution in [0.15, 0.2) is 16.6 Å². The Morgan fingerprint density at radius 2 is 1.72 bits per heavy atom. The third kappa shape index (κ3) is 2.74. The summed E-state index contributed by atoms with van der Waals surface area (Å²) < 4.78 is 38.2. The molecule has 1 aromatic rings. The summed E-state index contributed by atoms with van der Waals surface area (Å²) in [6.07, 6.45) is -1.11. The van der Waals surface area contributed by atoms with E-state index in [2.05, 4.69) is 15.9 Å². The van der Waals surface area contributed by atoms with Crippen molar-refractivity contribution >= 4 is 27.3 Å². The van der Waals surface area contributed by atoms with E-state index >= 15 is 0 Å². The zero-order valence-electron chi connectivity index (χ0n) is 9.73. The van der Waals surface area contributed by atoms with Gasteiger partial charge in [-0.05, 0) is 31.4 Å². The average molecular weight is 323 g/mol. The van der Waals surface area contributed by atoms with Gasteiger partial charge in [-0.1, -0.05) is 15.9 Å². The van der Waals surface area contributed by atoms with Gasteiger partial charge in [0.25, 0.3) is 0 Å². The topological polar surface area (TPSA) is 29.3 Å². The fourth-order valence-electron chi connectivity index (χ4n) is 2.21. The lowest BCUT2D eigenvalue weighted by molar-refractivity contribution is -0.138. The Morgan fingerprint density at radius 1 is 1.11 bits per heavy atom. The summed E-state index contributed by atoms with van der Waals surface area (Å²) in [6, 6.07) is 2.48. The van der Waals surface area contributed by atoms with E-state index in [4.69, 9.17) is 5.73 Å². The predicted molar refractivity (Wildman–Crippen MR) is 69.6 cm³/mol. The Labute approximate surface area is 112 Å². The van der Waals surface area contributed by atoms with Crippen LogP contribution in [0, 0.1) is 0 Å². The third-order valence-electron chi connectivity index (χ3n) is 3.12. The van der Waals surface area contributed by atoms with E-state index in [-0.39, 0.29) is 10.2 Å². The molecule has 0 atom stereocenters. The molecule has 18 heavy (non-hydrogen) atoms. The number of hydrogen-bond donors (Lipinski definition) is 1. The second-order valence-electron chi connectivity index (χ2n) is 4.44. The highest BCUT2D eigenvalue weighted by Gasteiger charge is 2.34. The number of hydrogen-bond acceptors (Lipinski definition) is 2. The minimum Gasteiger partial charge on any atom is -0.397 e. The number of rotatable bonds is 1. The summed E-state index contributed by atoms with van der Waals surface area (Å²) >= 11 is 2.98. The maximum Gasteiger partial charge on any atom is 0.417 e. The normalized spacial score (nSPS) is 17.0. The van der Waals surface area contributed by atoms with Crippen molar-refractivity contribution in [3.8, 4) is 0 Å². The maximum atomic E-state index is 12.7. The zero-order valence-corrected chi connectivity index (χ0v) is 11.3. The number of nitrogens with two attached hydrogens (primary N) is 1. The van der Waals surface area contributed by atoms with Gasteiger partial charge in [-0.15, -0.1) is 0 Å². The van der Waals surface area contributed by atoms with E-state index in [1.54, 1.807) is 0 Å². The Kier molecular flexibility index (Phi) is 3.75. The molecule has 0 spiro atoms. The number of nitrogen functional groups attached to an aromatic ring is 1. The summed E-state index contributed by atoms with van der Waals surface area (Å²) in [5.41, 5.74) is 5.91. The summed E-state index contributed by atoms with van der Waals surface area (Å²) in [6.45, 7) is 1.70. The molecule has 100 valence electrons. The van der Waals surface area contributed by atoms with Crippen LogP contribution >= 0.6 is 15.9 Å². The van der Waals surface area contributed by atoms with Crippen molar-refractivity contribution in [2.24, 2.45) is 0 Å². The van der Waals surface area contributed by atoms with Crippen LogP contribution in [0.2, 0.25) is 0 Å². The van der Waals surface area contributed by atoms with Gasteiger partial charge in [-0.2, -0.15) is 13.2 Å². The van der Waals surface area contributed by atoms with Crippen molar-refractivity contribution in [3.05, 3.63) is 22.2 Å². The van der Waals surface area contributed by atoms with Crippen LogP contribution in [0.5, 0.6) is 0 Å². The highest BCUT2D eigenvalue weighted by atomic mass is 79.9. The molecular formula is C12H14BrF3N2. The molecule has 1 heterocycles. The molecule has 0 bridgehead atoms. The summed E-state index contributed by atoms with van der Waals surface area (Å²) in [7, 11) is 0. The van der Waals surface area contributed by atoms with Gasteiger partial charge in [0.1, 0.15) is 0 Å². The Bertz CT molecular complexity index is 440. The number of piperidine rings is 1. The fourth-order valence-corrected chi connectivity index (χ4v) is 2.76. The van der Waals surface area contributed by atoms with Crippen LogP contribution in [0.4, 0.5) is 24.5 Å². The van der Waals surface area contributed by atoms with Crippen LogP contribution in [0.25, 0.3) is 0 Å². The second-order valence-corrected chi connectivity index (χ2v) is 5.29. The lowest BCUT2D eigenvalue weighted by atomic mass is 10.1. The van der Waals surface area contributed by atoms with Crippen molar-refractivity contribution in [2.45, 2.75) is 25.4 Å². The van der Waals surface area contributed by atoms with Crippen molar-refractivity contribution in [3.63, 3.8) is 0 Å². The molecule has 0 saturated carbocycles. The van der Waals surface area contributed by atoms with Crippen molar-refractivity contribution in [1.29, 1.82) is 0 Å².